The average Bonchev–Trinajstić information content (AvgIpc) is 2.45. The molecule has 0 aromatic heterocycles. The molecule has 0 amide bonds. The Kier molecular flexibility index (Phi) is 5.11. The summed E-state index contributed by atoms with van der Waals surface area (Å²) in [7, 11) is 1.56. The molecule has 4 nitrogen and oxygen atoms in total. The van der Waals surface area contributed by atoms with E-state index in [2.05, 4.69) is 49.0 Å². The lowest BCUT2D eigenvalue weighted by atomic mass is 10.1. The van der Waals surface area contributed by atoms with Crippen LogP contribution in [-0.2, 0) is 0 Å². The van der Waals surface area contributed by atoms with Crippen LogP contribution in [0.4, 0.5) is 0 Å². The Labute approximate surface area is 130 Å². The molecule has 1 aliphatic rings. The number of phenolic OH excluding ortho intramolecular Hbond substituents is 1. The van der Waals surface area contributed by atoms with Crippen molar-refractivity contribution in [2.45, 2.75) is 13.0 Å². The van der Waals surface area contributed by atoms with E-state index in [1.54, 1.807) is 7.11 Å². The van der Waals surface area contributed by atoms with Crippen LogP contribution in [0.1, 0.15) is 18.5 Å². The summed E-state index contributed by atoms with van der Waals surface area (Å²) < 4.78 is 6.76. The van der Waals surface area contributed by atoms with Gasteiger partial charge in [0.25, 0.3) is 0 Å². The smallest absolute Gasteiger partial charge is 0.173 e. The molecule has 0 saturated carbocycles. The third-order valence-electron chi connectivity index (χ3n) is 3.54. The van der Waals surface area contributed by atoms with E-state index in [-0.39, 0.29) is 11.8 Å². The lowest BCUT2D eigenvalue weighted by Crippen LogP contribution is -2.44. The Morgan fingerprint density at radius 2 is 1.95 bits per heavy atom. The van der Waals surface area contributed by atoms with E-state index in [0.717, 1.165) is 36.2 Å². The fourth-order valence-corrected chi connectivity index (χ4v) is 3.40. The van der Waals surface area contributed by atoms with Crippen molar-refractivity contribution in [2.75, 3.05) is 33.3 Å². The first kappa shape index (κ1) is 15.1. The van der Waals surface area contributed by atoms with Crippen LogP contribution in [0.2, 0.25) is 0 Å². The van der Waals surface area contributed by atoms with Crippen molar-refractivity contribution in [3.05, 3.63) is 20.6 Å². The fraction of sp³-hybridized carbons (Fsp3) is 0.538. The highest BCUT2D eigenvalue weighted by Gasteiger charge is 2.23. The number of nitrogens with zero attached hydrogens (tertiary/aromatic N) is 1. The molecule has 1 saturated heterocycles. The number of nitrogens with one attached hydrogen (secondary N) is 1. The summed E-state index contributed by atoms with van der Waals surface area (Å²) in [6.45, 7) is 6.24. The van der Waals surface area contributed by atoms with Gasteiger partial charge in [-0.05, 0) is 50.4 Å². The molecule has 2 rings (SSSR count). The minimum atomic E-state index is 0.130. The van der Waals surface area contributed by atoms with Gasteiger partial charge in [-0.1, -0.05) is 0 Å². The minimum absolute atomic E-state index is 0.130. The van der Waals surface area contributed by atoms with E-state index in [9.17, 15) is 5.11 Å². The third kappa shape index (κ3) is 3.07. The summed E-state index contributed by atoms with van der Waals surface area (Å²) in [5.74, 6) is 0.623. The van der Waals surface area contributed by atoms with Crippen molar-refractivity contribution in [3.63, 3.8) is 0 Å². The Morgan fingerprint density at radius 3 is 2.53 bits per heavy atom. The van der Waals surface area contributed by atoms with E-state index in [4.69, 9.17) is 4.74 Å². The van der Waals surface area contributed by atoms with E-state index in [0.29, 0.717) is 10.2 Å². The molecule has 1 aromatic rings. The number of phenols is 1. The first-order valence-electron chi connectivity index (χ1n) is 6.26. The van der Waals surface area contributed by atoms with Crippen molar-refractivity contribution in [2.24, 2.45) is 0 Å². The number of rotatable bonds is 3. The summed E-state index contributed by atoms with van der Waals surface area (Å²) in [4.78, 5) is 2.42. The van der Waals surface area contributed by atoms with E-state index < -0.39 is 0 Å². The van der Waals surface area contributed by atoms with Crippen LogP contribution >= 0.6 is 31.9 Å². The van der Waals surface area contributed by atoms with Crippen LogP contribution in [0, 0.1) is 0 Å². The zero-order chi connectivity index (χ0) is 14.0. The predicted molar refractivity (Wildman–Crippen MR) is 82.9 cm³/mol. The maximum absolute atomic E-state index is 9.97. The Hall–Kier alpha value is -0.300. The van der Waals surface area contributed by atoms with Crippen molar-refractivity contribution in [1.82, 2.24) is 10.2 Å². The van der Waals surface area contributed by atoms with Crippen LogP contribution in [0.5, 0.6) is 11.5 Å². The maximum Gasteiger partial charge on any atom is 0.173 e. The van der Waals surface area contributed by atoms with Crippen LogP contribution in [0.15, 0.2) is 15.0 Å². The minimum Gasteiger partial charge on any atom is -0.503 e. The van der Waals surface area contributed by atoms with Crippen molar-refractivity contribution in [3.8, 4) is 11.5 Å². The fourth-order valence-electron chi connectivity index (χ4n) is 2.34. The summed E-state index contributed by atoms with van der Waals surface area (Å²) >= 11 is 6.96. The number of halogens is 2. The Bertz CT molecular complexity index is 462. The summed E-state index contributed by atoms with van der Waals surface area (Å²) in [5.41, 5.74) is 1.11. The number of methoxy groups -OCH3 is 1. The molecule has 0 spiro atoms. The first-order chi connectivity index (χ1) is 9.06. The summed E-state index contributed by atoms with van der Waals surface area (Å²) in [6.07, 6.45) is 0. The molecule has 1 aliphatic heterocycles. The normalized spacial score (nSPS) is 18.3. The van der Waals surface area contributed by atoms with Crippen molar-refractivity contribution >= 4 is 31.9 Å². The number of benzene rings is 1. The van der Waals surface area contributed by atoms with Crippen LogP contribution in [0.25, 0.3) is 0 Å². The number of hydrogen-bond donors (Lipinski definition) is 2. The SMILES string of the molecule is COc1cc([C@H](C)N2CCNCC2)c(Br)c(Br)c1O. The lowest BCUT2D eigenvalue weighted by molar-refractivity contribution is 0.184. The van der Waals surface area contributed by atoms with E-state index in [1.165, 1.54) is 0 Å². The van der Waals surface area contributed by atoms with Gasteiger partial charge in [-0.15, -0.1) is 0 Å². The van der Waals surface area contributed by atoms with Crippen LogP contribution in [0.3, 0.4) is 0 Å². The van der Waals surface area contributed by atoms with Gasteiger partial charge in [0, 0.05) is 36.7 Å². The van der Waals surface area contributed by atoms with Gasteiger partial charge in [0.15, 0.2) is 11.5 Å². The molecule has 0 unspecified atom stereocenters. The molecule has 2 N–H and O–H groups in total. The molecular weight excluding hydrogens is 376 g/mol. The van der Waals surface area contributed by atoms with Gasteiger partial charge in [0.2, 0.25) is 0 Å². The van der Waals surface area contributed by atoms with Gasteiger partial charge in [0.05, 0.1) is 11.6 Å². The van der Waals surface area contributed by atoms with Gasteiger partial charge in [0.1, 0.15) is 0 Å². The maximum atomic E-state index is 9.97. The average molecular weight is 394 g/mol. The van der Waals surface area contributed by atoms with Crippen molar-refractivity contribution < 1.29 is 9.84 Å². The number of aromatic hydroxyl groups is 1. The van der Waals surface area contributed by atoms with Gasteiger partial charge in [-0.25, -0.2) is 0 Å². The topological polar surface area (TPSA) is 44.7 Å². The molecule has 6 heteroatoms. The Balaban J connectivity index is 2.35. The standard InChI is InChI=1S/C13H18Br2N2O2/c1-8(17-5-3-16-4-6-17)9-7-10(19-2)13(18)12(15)11(9)14/h7-8,16,18H,3-6H2,1-2H3/t8-/m0/s1. The zero-order valence-corrected chi connectivity index (χ0v) is 14.2. The lowest BCUT2D eigenvalue weighted by Gasteiger charge is -2.33. The van der Waals surface area contributed by atoms with Gasteiger partial charge < -0.3 is 15.2 Å². The number of piperazine rings is 1. The molecule has 19 heavy (non-hydrogen) atoms. The predicted octanol–water partition coefficient (Wildman–Crippen LogP) is 2.89. The molecule has 1 atom stereocenters. The second-order valence-electron chi connectivity index (χ2n) is 4.61. The third-order valence-corrected chi connectivity index (χ3v) is 5.70. The van der Waals surface area contributed by atoms with Crippen LogP contribution < -0.4 is 10.1 Å². The van der Waals surface area contributed by atoms with E-state index >= 15 is 0 Å². The molecule has 0 radical (unpaired) electrons. The molecule has 0 bridgehead atoms. The molecule has 0 aliphatic carbocycles. The summed E-state index contributed by atoms with van der Waals surface area (Å²) in [6, 6.07) is 2.17. The van der Waals surface area contributed by atoms with Crippen molar-refractivity contribution in [1.29, 1.82) is 0 Å². The van der Waals surface area contributed by atoms with Gasteiger partial charge in [-0.3, -0.25) is 4.90 Å². The highest BCUT2D eigenvalue weighted by molar-refractivity contribution is 9.13. The second-order valence-corrected chi connectivity index (χ2v) is 6.19. The van der Waals surface area contributed by atoms with Gasteiger partial charge in [-0.2, -0.15) is 0 Å². The number of hydrogen-bond acceptors (Lipinski definition) is 4. The molecular formula is C13H18Br2N2O2. The largest absolute Gasteiger partial charge is 0.503 e. The highest BCUT2D eigenvalue weighted by Crippen LogP contribution is 2.44. The highest BCUT2D eigenvalue weighted by atomic mass is 79.9. The molecule has 1 fully saturated rings. The molecule has 1 heterocycles. The summed E-state index contributed by atoms with van der Waals surface area (Å²) in [5, 5.41) is 13.3. The van der Waals surface area contributed by atoms with Crippen LogP contribution in [-0.4, -0.2) is 43.3 Å². The van der Waals surface area contributed by atoms with E-state index in [1.807, 2.05) is 6.07 Å². The van der Waals surface area contributed by atoms with Gasteiger partial charge >= 0.3 is 0 Å². The number of ether oxygens (including phenoxy) is 1. The monoisotopic (exact) mass is 392 g/mol. The molecule has 1 aromatic carbocycles. The quantitative estimate of drug-likeness (QED) is 0.828. The first-order valence-corrected chi connectivity index (χ1v) is 7.84. The second kappa shape index (κ2) is 6.43. The zero-order valence-electron chi connectivity index (χ0n) is 11.0. The Morgan fingerprint density at radius 1 is 1.32 bits per heavy atom. The molecule has 106 valence electrons.